The van der Waals surface area contributed by atoms with Crippen LogP contribution in [0.3, 0.4) is 0 Å². The van der Waals surface area contributed by atoms with Gasteiger partial charge in [0.25, 0.3) is 15.7 Å². The summed E-state index contributed by atoms with van der Waals surface area (Å²) in [4.78, 5) is 14.2. The van der Waals surface area contributed by atoms with Crippen molar-refractivity contribution in [2.45, 2.75) is 4.90 Å². The number of hydrogen-bond acceptors (Lipinski definition) is 6. The van der Waals surface area contributed by atoms with E-state index in [1.807, 2.05) is 24.3 Å². The normalized spacial score (nSPS) is 11.3. The summed E-state index contributed by atoms with van der Waals surface area (Å²) >= 11 is 0. The highest BCUT2D eigenvalue weighted by Gasteiger charge is 2.21. The summed E-state index contributed by atoms with van der Waals surface area (Å²) in [5.41, 5.74) is 0.320. The van der Waals surface area contributed by atoms with Crippen molar-refractivity contribution in [3.8, 4) is 11.6 Å². The molecule has 0 radical (unpaired) electrons. The van der Waals surface area contributed by atoms with Crippen LogP contribution in [0.25, 0.3) is 10.8 Å². The molecule has 0 amide bonds. The fourth-order valence-electron chi connectivity index (χ4n) is 3.01. The van der Waals surface area contributed by atoms with Gasteiger partial charge in [-0.2, -0.15) is 0 Å². The first-order valence-corrected chi connectivity index (χ1v) is 10.6. The van der Waals surface area contributed by atoms with E-state index < -0.39 is 14.9 Å². The maximum absolute atomic E-state index is 13.1. The first-order valence-electron chi connectivity index (χ1n) is 9.21. The van der Waals surface area contributed by atoms with Gasteiger partial charge in [0.1, 0.15) is 11.9 Å². The van der Waals surface area contributed by atoms with E-state index >= 15 is 0 Å². The number of nitrogens with zero attached hydrogens (tertiary/aromatic N) is 3. The second-order valence-electron chi connectivity index (χ2n) is 6.69. The van der Waals surface area contributed by atoms with Crippen LogP contribution in [-0.2, 0) is 10.0 Å². The Bertz CT molecular complexity index is 1350. The van der Waals surface area contributed by atoms with Crippen LogP contribution in [0.5, 0.6) is 11.6 Å². The molecule has 1 aromatic heterocycles. The molecule has 0 saturated carbocycles. The molecule has 9 heteroatoms. The number of pyridine rings is 1. The van der Waals surface area contributed by atoms with E-state index in [4.69, 9.17) is 4.74 Å². The average Bonchev–Trinajstić information content (AvgIpc) is 2.79. The lowest BCUT2D eigenvalue weighted by atomic mass is 10.1. The fraction of sp³-hybridized carbons (Fsp3) is 0.0455. The Balaban J connectivity index is 1.53. The van der Waals surface area contributed by atoms with Gasteiger partial charge in [0.15, 0.2) is 0 Å². The molecule has 0 bridgehead atoms. The molecule has 156 valence electrons. The van der Waals surface area contributed by atoms with Gasteiger partial charge in [0, 0.05) is 19.2 Å². The first-order chi connectivity index (χ1) is 14.8. The predicted octanol–water partition coefficient (Wildman–Crippen LogP) is 4.76. The van der Waals surface area contributed by atoms with Crippen molar-refractivity contribution in [2.24, 2.45) is 0 Å². The maximum atomic E-state index is 13.1. The minimum Gasteiger partial charge on any atom is -0.439 e. The number of rotatable bonds is 6. The van der Waals surface area contributed by atoms with Crippen molar-refractivity contribution in [3.63, 3.8) is 0 Å². The average molecular weight is 435 g/mol. The summed E-state index contributed by atoms with van der Waals surface area (Å²) in [7, 11) is -2.27. The van der Waals surface area contributed by atoms with Crippen LogP contribution in [0.4, 0.5) is 11.4 Å². The van der Waals surface area contributed by atoms with Gasteiger partial charge < -0.3 is 4.74 Å². The van der Waals surface area contributed by atoms with Crippen molar-refractivity contribution >= 4 is 32.2 Å². The molecule has 4 rings (SSSR count). The van der Waals surface area contributed by atoms with Crippen LogP contribution >= 0.6 is 0 Å². The quantitative estimate of drug-likeness (QED) is 0.320. The Morgan fingerprint density at radius 2 is 1.65 bits per heavy atom. The standard InChI is InChI=1S/C22H17N3O5S/c1-24(31(28,29)21-12-6-16-4-2-3-5-17(16)14-21)18-7-10-20(11-8-18)30-22-13-9-19(15-23-22)25(26)27/h2-15H,1H3. The van der Waals surface area contributed by atoms with Crippen LogP contribution < -0.4 is 9.04 Å². The van der Waals surface area contributed by atoms with Gasteiger partial charge in [-0.05, 0) is 47.2 Å². The minimum absolute atomic E-state index is 0.136. The third-order valence-electron chi connectivity index (χ3n) is 4.73. The number of hydrogen-bond donors (Lipinski definition) is 0. The highest BCUT2D eigenvalue weighted by Crippen LogP contribution is 2.28. The van der Waals surface area contributed by atoms with Crippen molar-refractivity contribution < 1.29 is 18.1 Å². The number of fused-ring (bicyclic) bond motifs is 1. The number of nitro groups is 1. The third-order valence-corrected chi connectivity index (χ3v) is 6.52. The molecular weight excluding hydrogens is 418 g/mol. The SMILES string of the molecule is CN(c1ccc(Oc2ccc([N+](=O)[O-])cn2)cc1)S(=O)(=O)c1ccc2ccccc2c1. The highest BCUT2D eigenvalue weighted by molar-refractivity contribution is 7.92. The van der Waals surface area contributed by atoms with Gasteiger partial charge in [-0.1, -0.05) is 30.3 Å². The number of anilines is 1. The number of ether oxygens (including phenoxy) is 1. The summed E-state index contributed by atoms with van der Waals surface area (Å²) < 4.78 is 32.9. The lowest BCUT2D eigenvalue weighted by Gasteiger charge is -2.20. The monoisotopic (exact) mass is 435 g/mol. The number of aromatic nitrogens is 1. The molecule has 1 heterocycles. The largest absolute Gasteiger partial charge is 0.439 e. The van der Waals surface area contributed by atoms with Crippen LogP contribution in [0.15, 0.2) is 90.0 Å². The molecule has 0 unspecified atom stereocenters. The smallest absolute Gasteiger partial charge is 0.287 e. The van der Waals surface area contributed by atoms with E-state index in [9.17, 15) is 18.5 Å². The van der Waals surface area contributed by atoms with Gasteiger partial charge in [0.05, 0.1) is 15.5 Å². The zero-order valence-corrected chi connectivity index (χ0v) is 17.2. The molecule has 0 aliphatic heterocycles. The fourth-order valence-corrected chi connectivity index (χ4v) is 4.24. The van der Waals surface area contributed by atoms with E-state index in [-0.39, 0.29) is 16.5 Å². The van der Waals surface area contributed by atoms with Crippen molar-refractivity contribution in [1.29, 1.82) is 0 Å². The molecule has 3 aromatic carbocycles. The maximum Gasteiger partial charge on any atom is 0.287 e. The second kappa shape index (κ2) is 8.04. The Kier molecular flexibility index (Phi) is 5.26. The van der Waals surface area contributed by atoms with E-state index in [2.05, 4.69) is 4.98 Å². The van der Waals surface area contributed by atoms with Crippen molar-refractivity contribution in [2.75, 3.05) is 11.4 Å². The van der Waals surface area contributed by atoms with Crippen LogP contribution in [0.2, 0.25) is 0 Å². The van der Waals surface area contributed by atoms with E-state index in [1.165, 1.54) is 23.5 Å². The van der Waals surface area contributed by atoms with Crippen LogP contribution in [0.1, 0.15) is 0 Å². The second-order valence-corrected chi connectivity index (χ2v) is 8.66. The number of benzene rings is 3. The molecule has 0 saturated heterocycles. The van der Waals surface area contributed by atoms with Crippen molar-refractivity contribution in [1.82, 2.24) is 4.98 Å². The van der Waals surface area contributed by atoms with Gasteiger partial charge in [-0.3, -0.25) is 14.4 Å². The first kappa shape index (κ1) is 20.3. The van der Waals surface area contributed by atoms with Gasteiger partial charge in [-0.25, -0.2) is 13.4 Å². The molecule has 0 aliphatic rings. The Morgan fingerprint density at radius 1 is 0.935 bits per heavy atom. The summed E-state index contributed by atoms with van der Waals surface area (Å²) in [6, 6.07) is 21.7. The number of sulfonamides is 1. The molecule has 31 heavy (non-hydrogen) atoms. The summed E-state index contributed by atoms with van der Waals surface area (Å²) in [6.07, 6.45) is 1.10. The van der Waals surface area contributed by atoms with E-state index in [0.29, 0.717) is 11.4 Å². The Morgan fingerprint density at radius 3 is 2.29 bits per heavy atom. The minimum atomic E-state index is -3.75. The van der Waals surface area contributed by atoms with Gasteiger partial charge >= 0.3 is 0 Å². The summed E-state index contributed by atoms with van der Waals surface area (Å²) in [6.45, 7) is 0. The van der Waals surface area contributed by atoms with E-state index in [0.717, 1.165) is 17.0 Å². The topological polar surface area (TPSA) is 103 Å². The molecule has 0 N–H and O–H groups in total. The lowest BCUT2D eigenvalue weighted by molar-refractivity contribution is -0.385. The molecule has 0 atom stereocenters. The molecule has 0 fully saturated rings. The Labute approximate surface area is 178 Å². The summed E-state index contributed by atoms with van der Waals surface area (Å²) in [5, 5.41) is 12.5. The molecule has 4 aromatic rings. The molecule has 8 nitrogen and oxygen atoms in total. The third kappa shape index (κ3) is 4.17. The van der Waals surface area contributed by atoms with Crippen LogP contribution in [-0.4, -0.2) is 25.4 Å². The predicted molar refractivity (Wildman–Crippen MR) is 117 cm³/mol. The lowest BCUT2D eigenvalue weighted by Crippen LogP contribution is -2.26. The molecule has 0 aliphatic carbocycles. The highest BCUT2D eigenvalue weighted by atomic mass is 32.2. The van der Waals surface area contributed by atoms with Crippen LogP contribution in [0, 0.1) is 10.1 Å². The summed E-state index contributed by atoms with van der Waals surface area (Å²) in [5.74, 6) is 0.608. The van der Waals surface area contributed by atoms with Gasteiger partial charge in [0.2, 0.25) is 5.88 Å². The van der Waals surface area contributed by atoms with E-state index in [1.54, 1.807) is 42.5 Å². The van der Waals surface area contributed by atoms with Gasteiger partial charge in [-0.15, -0.1) is 0 Å². The van der Waals surface area contributed by atoms with Crippen molar-refractivity contribution in [3.05, 3.63) is 95.2 Å². The zero-order chi connectivity index (χ0) is 22.0. The molecule has 0 spiro atoms. The Hall–Kier alpha value is -3.98. The zero-order valence-electron chi connectivity index (χ0n) is 16.4. The molecular formula is C22H17N3O5S.